The van der Waals surface area contributed by atoms with Gasteiger partial charge in [-0.25, -0.2) is 4.98 Å². The standard InChI is InChI=1S/C18H22ClN5O/c1-23-7-12(19)6-15(23)18(25)24-8-13(10-2-3-10)14(9-24)17-20-16(21-22-17)11-4-5-11/h6-7,10-11,13-14H,2-5,8-9H2,1H3,(H,20,21,22)/t13-,14+/m1/s1. The van der Waals surface area contributed by atoms with Crippen LogP contribution >= 0.6 is 11.6 Å². The van der Waals surface area contributed by atoms with Gasteiger partial charge in [0, 0.05) is 38.2 Å². The lowest BCUT2D eigenvalue weighted by molar-refractivity contribution is 0.0775. The van der Waals surface area contributed by atoms with Gasteiger partial charge < -0.3 is 9.47 Å². The largest absolute Gasteiger partial charge is 0.345 e. The Kier molecular flexibility index (Phi) is 3.45. The smallest absolute Gasteiger partial charge is 0.270 e. The van der Waals surface area contributed by atoms with Crippen LogP contribution in [0.4, 0.5) is 0 Å². The molecule has 3 fully saturated rings. The minimum Gasteiger partial charge on any atom is -0.345 e. The van der Waals surface area contributed by atoms with E-state index in [2.05, 4.69) is 10.2 Å². The quantitative estimate of drug-likeness (QED) is 0.912. The number of halogens is 1. The van der Waals surface area contributed by atoms with Crippen LogP contribution in [0.1, 0.15) is 59.7 Å². The molecule has 3 aliphatic rings. The highest BCUT2D eigenvalue weighted by Crippen LogP contribution is 2.47. The number of aromatic amines is 1. The van der Waals surface area contributed by atoms with Gasteiger partial charge in [0.1, 0.15) is 11.5 Å². The molecular weight excluding hydrogens is 338 g/mol. The Morgan fingerprint density at radius 3 is 2.72 bits per heavy atom. The number of nitrogens with zero attached hydrogens (tertiary/aromatic N) is 4. The molecule has 5 rings (SSSR count). The van der Waals surface area contributed by atoms with E-state index in [1.807, 2.05) is 16.5 Å². The van der Waals surface area contributed by atoms with Crippen LogP contribution in [0.5, 0.6) is 0 Å². The first-order valence-electron chi connectivity index (χ1n) is 9.13. The van der Waals surface area contributed by atoms with Crippen LogP contribution in [0.25, 0.3) is 0 Å². The van der Waals surface area contributed by atoms with Crippen molar-refractivity contribution < 1.29 is 4.79 Å². The molecule has 0 bridgehead atoms. The molecule has 2 atom stereocenters. The Balaban J connectivity index is 1.39. The monoisotopic (exact) mass is 359 g/mol. The summed E-state index contributed by atoms with van der Waals surface area (Å²) in [5.41, 5.74) is 0.649. The third-order valence-electron chi connectivity index (χ3n) is 5.88. The second kappa shape index (κ2) is 5.59. The minimum absolute atomic E-state index is 0.0597. The van der Waals surface area contributed by atoms with Crippen molar-refractivity contribution in [2.45, 2.75) is 37.5 Å². The number of hydrogen-bond acceptors (Lipinski definition) is 3. The number of H-pyrrole nitrogens is 1. The highest BCUT2D eigenvalue weighted by atomic mass is 35.5. The molecule has 6 nitrogen and oxygen atoms in total. The maximum atomic E-state index is 13.0. The fourth-order valence-electron chi connectivity index (χ4n) is 4.16. The first-order valence-corrected chi connectivity index (χ1v) is 9.51. The van der Waals surface area contributed by atoms with Crippen molar-refractivity contribution in [3.8, 4) is 0 Å². The molecule has 1 saturated heterocycles. The number of aryl methyl sites for hydroxylation is 1. The zero-order chi connectivity index (χ0) is 17.1. The number of rotatable bonds is 4. The lowest BCUT2D eigenvalue weighted by Gasteiger charge is -2.16. The van der Waals surface area contributed by atoms with Gasteiger partial charge in [-0.1, -0.05) is 11.6 Å². The molecular formula is C18H22ClN5O. The molecule has 0 radical (unpaired) electrons. The Labute approximate surface area is 151 Å². The normalized spacial score (nSPS) is 26.4. The molecule has 132 valence electrons. The second-order valence-corrected chi connectivity index (χ2v) is 8.26. The molecule has 0 spiro atoms. The summed E-state index contributed by atoms with van der Waals surface area (Å²) in [7, 11) is 1.86. The summed E-state index contributed by atoms with van der Waals surface area (Å²) in [6.45, 7) is 1.51. The Hall–Kier alpha value is -1.82. The molecule has 2 aromatic rings. The Bertz CT molecular complexity index is 819. The molecule has 2 aliphatic carbocycles. The second-order valence-electron chi connectivity index (χ2n) is 7.83. The lowest BCUT2D eigenvalue weighted by Crippen LogP contribution is -2.30. The molecule has 1 N–H and O–H groups in total. The van der Waals surface area contributed by atoms with E-state index < -0.39 is 0 Å². The fourth-order valence-corrected chi connectivity index (χ4v) is 4.41. The molecule has 25 heavy (non-hydrogen) atoms. The van der Waals surface area contributed by atoms with E-state index in [-0.39, 0.29) is 11.8 Å². The Morgan fingerprint density at radius 1 is 1.28 bits per heavy atom. The topological polar surface area (TPSA) is 66.8 Å². The maximum Gasteiger partial charge on any atom is 0.270 e. The van der Waals surface area contributed by atoms with E-state index in [4.69, 9.17) is 16.6 Å². The summed E-state index contributed by atoms with van der Waals surface area (Å²) in [5.74, 6) is 4.02. The predicted octanol–water partition coefficient (Wildman–Crippen LogP) is 2.94. The summed E-state index contributed by atoms with van der Waals surface area (Å²) >= 11 is 6.05. The van der Waals surface area contributed by atoms with Crippen LogP contribution in [0.3, 0.4) is 0 Å². The number of aromatic nitrogens is 4. The van der Waals surface area contributed by atoms with E-state index in [0.29, 0.717) is 35.0 Å². The van der Waals surface area contributed by atoms with Crippen molar-refractivity contribution in [3.05, 3.63) is 34.6 Å². The molecule has 1 aliphatic heterocycles. The molecule has 7 heteroatoms. The highest BCUT2D eigenvalue weighted by molar-refractivity contribution is 6.31. The predicted molar refractivity (Wildman–Crippen MR) is 93.6 cm³/mol. The number of carbonyl (C=O) groups excluding carboxylic acids is 1. The average molecular weight is 360 g/mol. The van der Waals surface area contributed by atoms with Crippen molar-refractivity contribution in [3.63, 3.8) is 0 Å². The lowest BCUT2D eigenvalue weighted by atomic mass is 9.91. The summed E-state index contributed by atoms with van der Waals surface area (Å²) in [6.07, 6.45) is 6.71. The van der Waals surface area contributed by atoms with Gasteiger partial charge in [-0.15, -0.1) is 0 Å². The molecule has 0 unspecified atom stereocenters. The number of hydrogen-bond donors (Lipinski definition) is 1. The number of amides is 1. The van der Waals surface area contributed by atoms with Crippen LogP contribution in [0.15, 0.2) is 12.3 Å². The van der Waals surface area contributed by atoms with Gasteiger partial charge in [-0.3, -0.25) is 9.89 Å². The third kappa shape index (κ3) is 2.76. The number of carbonyl (C=O) groups is 1. The molecule has 1 amide bonds. The van der Waals surface area contributed by atoms with Crippen molar-refractivity contribution in [1.29, 1.82) is 0 Å². The van der Waals surface area contributed by atoms with Gasteiger partial charge >= 0.3 is 0 Å². The minimum atomic E-state index is 0.0597. The van der Waals surface area contributed by atoms with Crippen LogP contribution in [-0.2, 0) is 7.05 Å². The van der Waals surface area contributed by atoms with E-state index >= 15 is 0 Å². The van der Waals surface area contributed by atoms with Gasteiger partial charge in [-0.2, -0.15) is 5.10 Å². The summed E-state index contributed by atoms with van der Waals surface area (Å²) in [4.78, 5) is 19.7. The molecule has 3 heterocycles. The van der Waals surface area contributed by atoms with Gasteiger partial charge in [0.25, 0.3) is 5.91 Å². The van der Waals surface area contributed by atoms with Gasteiger partial charge in [0.15, 0.2) is 5.82 Å². The Morgan fingerprint density at radius 2 is 2.08 bits per heavy atom. The first-order chi connectivity index (χ1) is 12.1. The van der Waals surface area contributed by atoms with E-state index in [0.717, 1.165) is 18.2 Å². The van der Waals surface area contributed by atoms with E-state index in [9.17, 15) is 4.79 Å². The van der Waals surface area contributed by atoms with Crippen LogP contribution in [0, 0.1) is 11.8 Å². The fraction of sp³-hybridized carbons (Fsp3) is 0.611. The third-order valence-corrected chi connectivity index (χ3v) is 6.09. The number of likely N-dealkylation sites (tertiary alicyclic amines) is 1. The van der Waals surface area contributed by atoms with Gasteiger partial charge in [-0.05, 0) is 43.6 Å². The van der Waals surface area contributed by atoms with E-state index in [1.54, 1.807) is 12.3 Å². The highest BCUT2D eigenvalue weighted by Gasteiger charge is 2.46. The van der Waals surface area contributed by atoms with Gasteiger partial charge in [0.05, 0.1) is 5.02 Å². The van der Waals surface area contributed by atoms with Crippen molar-refractivity contribution in [2.75, 3.05) is 13.1 Å². The zero-order valence-corrected chi connectivity index (χ0v) is 15.0. The van der Waals surface area contributed by atoms with E-state index in [1.165, 1.54) is 25.7 Å². The molecule has 2 saturated carbocycles. The summed E-state index contributed by atoms with van der Waals surface area (Å²) in [6, 6.07) is 1.75. The van der Waals surface area contributed by atoms with Crippen LogP contribution < -0.4 is 0 Å². The maximum absolute atomic E-state index is 13.0. The first kappa shape index (κ1) is 15.4. The summed E-state index contributed by atoms with van der Waals surface area (Å²) in [5, 5.41) is 8.19. The SMILES string of the molecule is Cn1cc(Cl)cc1C(=O)N1C[C@H](c2nc(C3CC3)n[nH]2)[C@@H](C2CC2)C1. The van der Waals surface area contributed by atoms with Crippen molar-refractivity contribution >= 4 is 17.5 Å². The summed E-state index contributed by atoms with van der Waals surface area (Å²) < 4.78 is 1.81. The average Bonchev–Trinajstić information content (AvgIpc) is 3.50. The van der Waals surface area contributed by atoms with Crippen LogP contribution in [0.2, 0.25) is 5.02 Å². The molecule has 2 aromatic heterocycles. The van der Waals surface area contributed by atoms with Crippen molar-refractivity contribution in [1.82, 2.24) is 24.6 Å². The van der Waals surface area contributed by atoms with Crippen LogP contribution in [-0.4, -0.2) is 43.6 Å². The molecule has 0 aromatic carbocycles. The zero-order valence-electron chi connectivity index (χ0n) is 14.3. The number of nitrogens with one attached hydrogen (secondary N) is 1. The van der Waals surface area contributed by atoms with Gasteiger partial charge in [0.2, 0.25) is 0 Å². The van der Waals surface area contributed by atoms with Crippen molar-refractivity contribution in [2.24, 2.45) is 18.9 Å².